The van der Waals surface area contributed by atoms with E-state index in [1.807, 2.05) is 42.5 Å². The Kier molecular flexibility index (Phi) is 4.74. The Morgan fingerprint density at radius 2 is 2.00 bits per heavy atom. The van der Waals surface area contributed by atoms with Gasteiger partial charge in [0.05, 0.1) is 6.61 Å². The van der Waals surface area contributed by atoms with E-state index in [1.165, 1.54) is 0 Å². The summed E-state index contributed by atoms with van der Waals surface area (Å²) in [5, 5.41) is 11.2. The second kappa shape index (κ2) is 6.73. The van der Waals surface area contributed by atoms with Crippen molar-refractivity contribution in [3.05, 3.63) is 55.1 Å². The zero-order valence-electron chi connectivity index (χ0n) is 11.0. The number of hydrogen-bond donors (Lipinski definition) is 1. The number of esters is 1. The van der Waals surface area contributed by atoms with E-state index in [0.717, 1.165) is 16.8 Å². The average Bonchev–Trinajstić information content (AvgIpc) is 2.51. The van der Waals surface area contributed by atoms with Crippen molar-refractivity contribution in [3.8, 4) is 5.75 Å². The van der Waals surface area contributed by atoms with Gasteiger partial charge in [0.25, 0.3) is 0 Å². The van der Waals surface area contributed by atoms with E-state index in [9.17, 15) is 9.90 Å². The molecule has 2 aromatic rings. The second-order valence-corrected chi connectivity index (χ2v) is 4.23. The molecule has 0 aliphatic heterocycles. The zero-order valence-corrected chi connectivity index (χ0v) is 11.0. The lowest BCUT2D eigenvalue weighted by molar-refractivity contribution is -0.146. The van der Waals surface area contributed by atoms with Gasteiger partial charge in [-0.2, -0.15) is 0 Å². The van der Waals surface area contributed by atoms with Crippen LogP contribution in [0.2, 0.25) is 0 Å². The van der Waals surface area contributed by atoms with Gasteiger partial charge in [-0.25, -0.2) is 4.79 Å². The van der Waals surface area contributed by atoms with E-state index in [0.29, 0.717) is 5.75 Å². The summed E-state index contributed by atoms with van der Waals surface area (Å²) in [5.41, 5.74) is 0. The Morgan fingerprint density at radius 3 is 2.75 bits per heavy atom. The number of ether oxygens (including phenoxy) is 2. The molecule has 2 rings (SSSR count). The van der Waals surface area contributed by atoms with Gasteiger partial charge in [0.2, 0.25) is 0 Å². The fraction of sp³-hybridized carbons (Fsp3) is 0.188. The molecule has 104 valence electrons. The third-order valence-corrected chi connectivity index (χ3v) is 2.83. The molecule has 0 heterocycles. The van der Waals surface area contributed by atoms with Crippen LogP contribution >= 0.6 is 0 Å². The van der Waals surface area contributed by atoms with E-state index < -0.39 is 12.1 Å². The lowest BCUT2D eigenvalue weighted by atomic mass is 10.1. The molecular weight excluding hydrogens is 256 g/mol. The quantitative estimate of drug-likeness (QED) is 0.647. The van der Waals surface area contributed by atoms with Crippen LogP contribution in [-0.2, 0) is 9.53 Å². The summed E-state index contributed by atoms with van der Waals surface area (Å²) in [6.07, 6.45) is 0.347. The molecule has 0 aliphatic carbocycles. The molecule has 1 atom stereocenters. The number of fused-ring (bicyclic) bond motifs is 1. The fourth-order valence-electron chi connectivity index (χ4n) is 1.84. The van der Waals surface area contributed by atoms with Crippen LogP contribution in [0.4, 0.5) is 0 Å². The molecule has 1 N–H and O–H groups in total. The minimum atomic E-state index is -0.709. The van der Waals surface area contributed by atoms with Crippen molar-refractivity contribution < 1.29 is 19.4 Å². The average molecular weight is 272 g/mol. The Balaban J connectivity index is 2.08. The molecule has 0 saturated heterocycles. The molecule has 4 heteroatoms. The molecule has 0 fully saturated rings. The smallest absolute Gasteiger partial charge is 0.330 e. The van der Waals surface area contributed by atoms with Crippen LogP contribution in [0.25, 0.3) is 10.8 Å². The topological polar surface area (TPSA) is 55.8 Å². The largest absolute Gasteiger partial charge is 0.489 e. The molecule has 0 bridgehead atoms. The number of hydrogen-bond acceptors (Lipinski definition) is 4. The summed E-state index contributed by atoms with van der Waals surface area (Å²) in [7, 11) is 0. The summed E-state index contributed by atoms with van der Waals surface area (Å²) in [4.78, 5) is 11.1. The van der Waals surface area contributed by atoms with Crippen molar-refractivity contribution in [1.29, 1.82) is 0 Å². The lowest BCUT2D eigenvalue weighted by Crippen LogP contribution is -2.27. The van der Waals surface area contributed by atoms with Gasteiger partial charge in [0, 0.05) is 11.5 Å². The number of benzene rings is 2. The van der Waals surface area contributed by atoms with E-state index >= 15 is 0 Å². The molecule has 0 aliphatic rings. The summed E-state index contributed by atoms with van der Waals surface area (Å²) >= 11 is 0. The molecule has 0 aromatic heterocycles. The SMILES string of the molecule is C=CC(=O)O[C@H](CO)COc1cccc2ccccc12. The van der Waals surface area contributed by atoms with Crippen LogP contribution < -0.4 is 4.74 Å². The molecule has 0 saturated carbocycles. The maximum Gasteiger partial charge on any atom is 0.330 e. The molecular formula is C16H16O4. The maximum absolute atomic E-state index is 11.1. The van der Waals surface area contributed by atoms with Gasteiger partial charge in [0.1, 0.15) is 12.4 Å². The molecule has 4 nitrogen and oxygen atoms in total. The molecule has 2 aromatic carbocycles. The zero-order chi connectivity index (χ0) is 14.4. The highest BCUT2D eigenvalue weighted by Gasteiger charge is 2.13. The van der Waals surface area contributed by atoms with Crippen molar-refractivity contribution in [3.63, 3.8) is 0 Å². The standard InChI is InChI=1S/C16H16O4/c1-2-16(18)20-13(10-17)11-19-15-9-5-7-12-6-3-4-8-14(12)15/h2-9,13,17H,1,10-11H2/t13-/m1/s1. The van der Waals surface area contributed by atoms with Gasteiger partial charge in [-0.3, -0.25) is 0 Å². The number of carbonyl (C=O) groups is 1. The molecule has 0 spiro atoms. The van der Waals surface area contributed by atoms with Crippen molar-refractivity contribution in [2.24, 2.45) is 0 Å². The Labute approximate surface area is 117 Å². The molecule has 20 heavy (non-hydrogen) atoms. The van der Waals surface area contributed by atoms with Crippen LogP contribution in [0.15, 0.2) is 55.1 Å². The van der Waals surface area contributed by atoms with E-state index in [1.54, 1.807) is 0 Å². The van der Waals surface area contributed by atoms with E-state index in [2.05, 4.69) is 6.58 Å². The first-order valence-corrected chi connectivity index (χ1v) is 6.29. The van der Waals surface area contributed by atoms with Crippen molar-refractivity contribution in [1.82, 2.24) is 0 Å². The van der Waals surface area contributed by atoms with Gasteiger partial charge in [-0.05, 0) is 11.5 Å². The van der Waals surface area contributed by atoms with Crippen LogP contribution in [0.1, 0.15) is 0 Å². The Bertz CT molecular complexity index is 601. The first-order valence-electron chi connectivity index (χ1n) is 6.29. The highest BCUT2D eigenvalue weighted by molar-refractivity contribution is 5.88. The van der Waals surface area contributed by atoms with Crippen molar-refractivity contribution in [2.75, 3.05) is 13.2 Å². The van der Waals surface area contributed by atoms with Crippen molar-refractivity contribution in [2.45, 2.75) is 6.10 Å². The number of rotatable bonds is 6. The second-order valence-electron chi connectivity index (χ2n) is 4.23. The predicted octanol–water partition coefficient (Wildman–Crippen LogP) is 2.31. The molecule has 0 radical (unpaired) electrons. The number of carbonyl (C=O) groups excluding carboxylic acids is 1. The molecule has 0 amide bonds. The fourth-order valence-corrected chi connectivity index (χ4v) is 1.84. The summed E-state index contributed by atoms with van der Waals surface area (Å²) in [6.45, 7) is 3.10. The van der Waals surface area contributed by atoms with Crippen LogP contribution in [0.5, 0.6) is 5.75 Å². The summed E-state index contributed by atoms with van der Waals surface area (Å²) in [5.74, 6) is 0.113. The Hall–Kier alpha value is -2.33. The van der Waals surface area contributed by atoms with Gasteiger partial charge in [-0.15, -0.1) is 0 Å². The predicted molar refractivity (Wildman–Crippen MR) is 76.6 cm³/mol. The van der Waals surface area contributed by atoms with Gasteiger partial charge < -0.3 is 14.6 Å². The lowest BCUT2D eigenvalue weighted by Gasteiger charge is -2.16. The number of aliphatic hydroxyl groups excluding tert-OH is 1. The monoisotopic (exact) mass is 272 g/mol. The van der Waals surface area contributed by atoms with Gasteiger partial charge in [-0.1, -0.05) is 43.0 Å². The maximum atomic E-state index is 11.1. The first-order chi connectivity index (χ1) is 9.74. The minimum Gasteiger partial charge on any atom is -0.489 e. The van der Waals surface area contributed by atoms with Crippen LogP contribution in [0, 0.1) is 0 Å². The van der Waals surface area contributed by atoms with E-state index in [-0.39, 0.29) is 13.2 Å². The third-order valence-electron chi connectivity index (χ3n) is 2.83. The minimum absolute atomic E-state index is 0.0874. The highest BCUT2D eigenvalue weighted by atomic mass is 16.6. The van der Waals surface area contributed by atoms with Crippen LogP contribution in [-0.4, -0.2) is 30.4 Å². The van der Waals surface area contributed by atoms with E-state index in [4.69, 9.17) is 9.47 Å². The highest BCUT2D eigenvalue weighted by Crippen LogP contribution is 2.25. The normalized spacial score (nSPS) is 11.8. The Morgan fingerprint density at radius 1 is 1.25 bits per heavy atom. The first kappa shape index (κ1) is 14.1. The van der Waals surface area contributed by atoms with Crippen molar-refractivity contribution >= 4 is 16.7 Å². The summed E-state index contributed by atoms with van der Waals surface area (Å²) in [6, 6.07) is 13.5. The number of aliphatic hydroxyl groups is 1. The van der Waals surface area contributed by atoms with Gasteiger partial charge in [0.15, 0.2) is 6.10 Å². The van der Waals surface area contributed by atoms with Gasteiger partial charge >= 0.3 is 5.97 Å². The summed E-state index contributed by atoms with van der Waals surface area (Å²) < 4.78 is 10.6. The van der Waals surface area contributed by atoms with Crippen LogP contribution in [0.3, 0.4) is 0 Å². The molecule has 0 unspecified atom stereocenters. The third kappa shape index (κ3) is 3.36.